The Hall–Kier alpha value is -0.950. The summed E-state index contributed by atoms with van der Waals surface area (Å²) in [5, 5.41) is 0.853. The third kappa shape index (κ3) is 2.08. The van der Waals surface area contributed by atoms with Gasteiger partial charge in [0.1, 0.15) is 0 Å². The molecule has 0 saturated heterocycles. The molecule has 1 aromatic rings. The van der Waals surface area contributed by atoms with Gasteiger partial charge in [-0.3, -0.25) is 0 Å². The SMILES string of the molecule is C=CCN1c2ccc(Cl)cc2C(C)CC12CCCC2. The van der Waals surface area contributed by atoms with Crippen molar-refractivity contribution in [2.24, 2.45) is 0 Å². The van der Waals surface area contributed by atoms with Gasteiger partial charge in [0.2, 0.25) is 0 Å². The molecule has 1 aromatic carbocycles. The molecule has 2 heteroatoms. The van der Waals surface area contributed by atoms with E-state index >= 15 is 0 Å². The number of benzene rings is 1. The Morgan fingerprint density at radius 2 is 2.16 bits per heavy atom. The lowest BCUT2D eigenvalue weighted by Gasteiger charge is -2.49. The Labute approximate surface area is 121 Å². The Morgan fingerprint density at radius 3 is 2.84 bits per heavy atom. The van der Waals surface area contributed by atoms with Crippen molar-refractivity contribution in [3.63, 3.8) is 0 Å². The predicted molar refractivity (Wildman–Crippen MR) is 83.2 cm³/mol. The minimum Gasteiger partial charge on any atom is -0.362 e. The van der Waals surface area contributed by atoms with E-state index < -0.39 is 0 Å². The molecule has 1 heterocycles. The summed E-state index contributed by atoms with van der Waals surface area (Å²) in [6, 6.07) is 6.38. The van der Waals surface area contributed by atoms with Gasteiger partial charge in [-0.15, -0.1) is 6.58 Å². The van der Waals surface area contributed by atoms with Crippen LogP contribution in [-0.2, 0) is 0 Å². The summed E-state index contributed by atoms with van der Waals surface area (Å²) in [5.41, 5.74) is 3.16. The van der Waals surface area contributed by atoms with Crippen LogP contribution in [0.5, 0.6) is 0 Å². The van der Waals surface area contributed by atoms with E-state index in [4.69, 9.17) is 11.6 Å². The van der Waals surface area contributed by atoms with E-state index in [2.05, 4.69) is 30.5 Å². The van der Waals surface area contributed by atoms with Crippen LogP contribution in [0.15, 0.2) is 30.9 Å². The number of hydrogen-bond acceptors (Lipinski definition) is 1. The van der Waals surface area contributed by atoms with Crippen LogP contribution in [0.1, 0.15) is 50.5 Å². The maximum absolute atomic E-state index is 6.18. The second-order valence-corrected chi connectivity index (χ2v) is 6.58. The first-order valence-corrected chi connectivity index (χ1v) is 7.72. The molecule has 1 spiro atoms. The smallest absolute Gasteiger partial charge is 0.0411 e. The molecule has 1 saturated carbocycles. The Bertz CT molecular complexity index is 488. The zero-order valence-electron chi connectivity index (χ0n) is 11.7. The van der Waals surface area contributed by atoms with Crippen molar-refractivity contribution >= 4 is 17.3 Å². The van der Waals surface area contributed by atoms with Crippen LogP contribution in [0.4, 0.5) is 5.69 Å². The lowest BCUT2D eigenvalue weighted by atomic mass is 9.77. The maximum Gasteiger partial charge on any atom is 0.0411 e. The van der Waals surface area contributed by atoms with E-state index in [1.165, 1.54) is 43.4 Å². The highest BCUT2D eigenvalue weighted by atomic mass is 35.5. The molecular weight excluding hydrogens is 254 g/mol. The van der Waals surface area contributed by atoms with Crippen molar-refractivity contribution in [2.45, 2.75) is 50.5 Å². The van der Waals surface area contributed by atoms with E-state index in [0.717, 1.165) is 11.6 Å². The lowest BCUT2D eigenvalue weighted by molar-refractivity contribution is 0.334. The Kier molecular flexibility index (Phi) is 3.34. The number of fused-ring (bicyclic) bond motifs is 1. The van der Waals surface area contributed by atoms with Gasteiger partial charge in [-0.1, -0.05) is 37.4 Å². The molecule has 1 aliphatic carbocycles. The largest absolute Gasteiger partial charge is 0.362 e. The molecule has 0 N–H and O–H groups in total. The predicted octanol–water partition coefficient (Wildman–Crippen LogP) is 5.15. The van der Waals surface area contributed by atoms with E-state index in [1.54, 1.807) is 0 Å². The normalized spacial score (nSPS) is 24.5. The molecule has 1 aliphatic heterocycles. The molecule has 0 amide bonds. The van der Waals surface area contributed by atoms with Crippen LogP contribution < -0.4 is 4.90 Å². The van der Waals surface area contributed by atoms with Crippen LogP contribution in [0.2, 0.25) is 5.02 Å². The van der Waals surface area contributed by atoms with Crippen LogP contribution in [0.25, 0.3) is 0 Å². The summed E-state index contributed by atoms with van der Waals surface area (Å²) in [5.74, 6) is 0.605. The minimum atomic E-state index is 0.369. The van der Waals surface area contributed by atoms with Crippen molar-refractivity contribution in [3.8, 4) is 0 Å². The second-order valence-electron chi connectivity index (χ2n) is 6.14. The van der Waals surface area contributed by atoms with Gasteiger partial charge >= 0.3 is 0 Å². The van der Waals surface area contributed by atoms with E-state index in [0.29, 0.717) is 11.5 Å². The number of halogens is 1. The first-order chi connectivity index (χ1) is 9.16. The van der Waals surface area contributed by atoms with E-state index in [-0.39, 0.29) is 0 Å². The summed E-state index contributed by atoms with van der Waals surface area (Å²) in [7, 11) is 0. The molecule has 0 radical (unpaired) electrons. The summed E-state index contributed by atoms with van der Waals surface area (Å²) < 4.78 is 0. The molecule has 1 nitrogen and oxygen atoms in total. The molecule has 0 bridgehead atoms. The fourth-order valence-electron chi connectivity index (χ4n) is 4.14. The van der Waals surface area contributed by atoms with Crippen molar-refractivity contribution in [1.29, 1.82) is 0 Å². The molecule has 19 heavy (non-hydrogen) atoms. The lowest BCUT2D eigenvalue weighted by Crippen LogP contribution is -2.51. The summed E-state index contributed by atoms with van der Waals surface area (Å²) >= 11 is 6.18. The molecular formula is C17H22ClN. The maximum atomic E-state index is 6.18. The van der Waals surface area contributed by atoms with Gasteiger partial charge in [0.25, 0.3) is 0 Å². The van der Waals surface area contributed by atoms with Gasteiger partial charge in [-0.2, -0.15) is 0 Å². The molecule has 3 rings (SSSR count). The Morgan fingerprint density at radius 1 is 1.42 bits per heavy atom. The Balaban J connectivity index is 2.09. The number of nitrogens with zero attached hydrogens (tertiary/aromatic N) is 1. The van der Waals surface area contributed by atoms with Gasteiger partial charge < -0.3 is 4.90 Å². The zero-order chi connectivity index (χ0) is 13.5. The number of rotatable bonds is 2. The van der Waals surface area contributed by atoms with Gasteiger partial charge in [0, 0.05) is 22.8 Å². The van der Waals surface area contributed by atoms with Crippen LogP contribution in [0, 0.1) is 0 Å². The number of hydrogen-bond donors (Lipinski definition) is 0. The molecule has 1 atom stereocenters. The van der Waals surface area contributed by atoms with Gasteiger partial charge in [0.15, 0.2) is 0 Å². The third-order valence-corrected chi connectivity index (χ3v) is 5.15. The highest BCUT2D eigenvalue weighted by molar-refractivity contribution is 6.30. The van der Waals surface area contributed by atoms with Gasteiger partial charge in [0.05, 0.1) is 0 Å². The zero-order valence-corrected chi connectivity index (χ0v) is 12.4. The standard InChI is InChI=1S/C17H22ClN/c1-3-10-19-16-7-6-14(18)11-15(16)13(2)12-17(19)8-4-5-9-17/h3,6-7,11,13H,1,4-5,8-10,12H2,2H3. The molecule has 102 valence electrons. The summed E-state index contributed by atoms with van der Waals surface area (Å²) in [4.78, 5) is 2.60. The average molecular weight is 276 g/mol. The highest BCUT2D eigenvalue weighted by Crippen LogP contribution is 2.50. The first-order valence-electron chi connectivity index (χ1n) is 7.34. The molecule has 1 unspecified atom stereocenters. The molecule has 0 aromatic heterocycles. The second kappa shape index (κ2) is 4.86. The van der Waals surface area contributed by atoms with Crippen LogP contribution in [-0.4, -0.2) is 12.1 Å². The minimum absolute atomic E-state index is 0.369. The van der Waals surface area contributed by atoms with Crippen molar-refractivity contribution in [2.75, 3.05) is 11.4 Å². The van der Waals surface area contributed by atoms with E-state index in [1.807, 2.05) is 12.1 Å². The molecule has 1 fully saturated rings. The van der Waals surface area contributed by atoms with Crippen molar-refractivity contribution in [3.05, 3.63) is 41.4 Å². The highest BCUT2D eigenvalue weighted by Gasteiger charge is 2.44. The topological polar surface area (TPSA) is 3.24 Å². The van der Waals surface area contributed by atoms with Gasteiger partial charge in [-0.25, -0.2) is 0 Å². The van der Waals surface area contributed by atoms with Crippen LogP contribution >= 0.6 is 11.6 Å². The van der Waals surface area contributed by atoms with Crippen LogP contribution in [0.3, 0.4) is 0 Å². The van der Waals surface area contributed by atoms with E-state index in [9.17, 15) is 0 Å². The number of anilines is 1. The average Bonchev–Trinajstić information content (AvgIpc) is 2.84. The quantitative estimate of drug-likeness (QED) is 0.675. The fourth-order valence-corrected chi connectivity index (χ4v) is 4.32. The third-order valence-electron chi connectivity index (χ3n) is 4.92. The van der Waals surface area contributed by atoms with Crippen molar-refractivity contribution in [1.82, 2.24) is 0 Å². The van der Waals surface area contributed by atoms with Gasteiger partial charge in [-0.05, 0) is 48.9 Å². The molecule has 2 aliphatic rings. The monoisotopic (exact) mass is 275 g/mol. The van der Waals surface area contributed by atoms with Crippen molar-refractivity contribution < 1.29 is 0 Å². The first kappa shape index (κ1) is 13.1. The summed E-state index contributed by atoms with van der Waals surface area (Å²) in [6.45, 7) is 7.24. The summed E-state index contributed by atoms with van der Waals surface area (Å²) in [6.07, 6.45) is 8.68. The fraction of sp³-hybridized carbons (Fsp3) is 0.529.